The van der Waals surface area contributed by atoms with Crippen molar-refractivity contribution in [3.8, 4) is 0 Å². The number of carbonyl (C=O) groups is 2. The van der Waals surface area contributed by atoms with Crippen molar-refractivity contribution < 1.29 is 14.7 Å². The minimum Gasteiger partial charge on any atom is -0.480 e. The molecule has 0 aromatic carbocycles. The average molecular weight is 227 g/mol. The Bertz CT molecular complexity index is 274. The number of aliphatic carboxylic acids is 1. The van der Waals surface area contributed by atoms with Gasteiger partial charge in [-0.2, -0.15) is 0 Å². The van der Waals surface area contributed by atoms with Crippen LogP contribution in [0.2, 0.25) is 0 Å². The van der Waals surface area contributed by atoms with Crippen LogP contribution in [0, 0.1) is 11.3 Å². The molecule has 0 heterocycles. The van der Waals surface area contributed by atoms with Crippen LogP contribution in [0.3, 0.4) is 0 Å². The van der Waals surface area contributed by atoms with Crippen LogP contribution in [0.15, 0.2) is 0 Å². The minimum atomic E-state index is -0.959. The number of carboxylic acids is 1. The summed E-state index contributed by atoms with van der Waals surface area (Å²) in [6.45, 7) is 5.46. The highest BCUT2D eigenvalue weighted by molar-refractivity contribution is 5.85. The number of nitrogens with one attached hydrogen (secondary N) is 1. The molecule has 1 rings (SSSR count). The highest BCUT2D eigenvalue weighted by Gasteiger charge is 2.34. The molecule has 1 saturated carbocycles. The first-order chi connectivity index (χ1) is 7.32. The normalized spacial score (nSPS) is 19.4. The van der Waals surface area contributed by atoms with Gasteiger partial charge in [0.25, 0.3) is 0 Å². The molecular formula is C12H21NO3. The summed E-state index contributed by atoms with van der Waals surface area (Å²) in [4.78, 5) is 22.9. The van der Waals surface area contributed by atoms with E-state index in [4.69, 9.17) is 5.11 Å². The van der Waals surface area contributed by atoms with Crippen LogP contribution in [0.4, 0.5) is 0 Å². The third-order valence-electron chi connectivity index (χ3n) is 3.13. The molecule has 0 aromatic heterocycles. The first kappa shape index (κ1) is 13.0. The zero-order valence-electron chi connectivity index (χ0n) is 10.2. The lowest BCUT2D eigenvalue weighted by molar-refractivity contribution is -0.145. The van der Waals surface area contributed by atoms with Crippen molar-refractivity contribution >= 4 is 11.9 Å². The van der Waals surface area contributed by atoms with E-state index in [2.05, 4.69) is 5.32 Å². The molecule has 4 nitrogen and oxygen atoms in total. The van der Waals surface area contributed by atoms with E-state index in [9.17, 15) is 9.59 Å². The average Bonchev–Trinajstić information content (AvgIpc) is 2.63. The van der Waals surface area contributed by atoms with E-state index < -0.39 is 17.4 Å². The molecule has 2 N–H and O–H groups in total. The second-order valence-electron chi connectivity index (χ2n) is 5.63. The van der Waals surface area contributed by atoms with Crippen molar-refractivity contribution in [1.82, 2.24) is 5.32 Å². The third kappa shape index (κ3) is 3.22. The molecule has 0 unspecified atom stereocenters. The monoisotopic (exact) mass is 227 g/mol. The minimum absolute atomic E-state index is 0.0178. The van der Waals surface area contributed by atoms with Crippen molar-refractivity contribution in [2.24, 2.45) is 11.3 Å². The first-order valence-corrected chi connectivity index (χ1v) is 5.85. The van der Waals surface area contributed by atoms with Gasteiger partial charge in [0.1, 0.15) is 6.04 Å². The highest BCUT2D eigenvalue weighted by Crippen LogP contribution is 2.26. The SMILES string of the molecule is CC(C)(C)[C@@H](NC(=O)C1CCCC1)C(=O)O. The molecular weight excluding hydrogens is 206 g/mol. The molecule has 0 radical (unpaired) electrons. The van der Waals surface area contributed by atoms with Gasteiger partial charge in [0.2, 0.25) is 5.91 Å². The summed E-state index contributed by atoms with van der Waals surface area (Å²) in [5.74, 6) is -1.04. The Morgan fingerprint density at radius 3 is 2.12 bits per heavy atom. The zero-order chi connectivity index (χ0) is 12.3. The van der Waals surface area contributed by atoms with Crippen LogP contribution in [0.1, 0.15) is 46.5 Å². The summed E-state index contributed by atoms with van der Waals surface area (Å²) in [5, 5.41) is 11.7. The summed E-state index contributed by atoms with van der Waals surface area (Å²) in [6.07, 6.45) is 3.93. The van der Waals surface area contributed by atoms with E-state index in [-0.39, 0.29) is 11.8 Å². The second kappa shape index (κ2) is 4.85. The summed E-state index contributed by atoms with van der Waals surface area (Å²) < 4.78 is 0. The van der Waals surface area contributed by atoms with E-state index >= 15 is 0 Å². The van der Waals surface area contributed by atoms with Crippen LogP contribution < -0.4 is 5.32 Å². The lowest BCUT2D eigenvalue weighted by atomic mass is 9.86. The lowest BCUT2D eigenvalue weighted by Crippen LogP contribution is -2.50. The van der Waals surface area contributed by atoms with Crippen molar-refractivity contribution in [1.29, 1.82) is 0 Å². The molecule has 1 atom stereocenters. The molecule has 0 bridgehead atoms. The Hall–Kier alpha value is -1.06. The summed E-state index contributed by atoms with van der Waals surface area (Å²) in [7, 11) is 0. The van der Waals surface area contributed by atoms with Gasteiger partial charge >= 0.3 is 5.97 Å². The van der Waals surface area contributed by atoms with Gasteiger partial charge in [-0.1, -0.05) is 33.6 Å². The topological polar surface area (TPSA) is 66.4 Å². The van der Waals surface area contributed by atoms with Gasteiger partial charge in [0.05, 0.1) is 0 Å². The molecule has 4 heteroatoms. The van der Waals surface area contributed by atoms with Gasteiger partial charge in [0, 0.05) is 5.92 Å². The maximum absolute atomic E-state index is 11.8. The smallest absolute Gasteiger partial charge is 0.326 e. The van der Waals surface area contributed by atoms with Gasteiger partial charge in [-0.3, -0.25) is 4.79 Å². The molecule has 0 saturated heterocycles. The molecule has 1 fully saturated rings. The van der Waals surface area contributed by atoms with Crippen molar-refractivity contribution in [2.45, 2.75) is 52.5 Å². The van der Waals surface area contributed by atoms with E-state index in [1.165, 1.54) is 0 Å². The molecule has 1 aliphatic carbocycles. The standard InChI is InChI=1S/C12H21NO3/c1-12(2,3)9(11(15)16)13-10(14)8-6-4-5-7-8/h8-9H,4-7H2,1-3H3,(H,13,14)(H,15,16)/t9-/m0/s1. The predicted octanol–water partition coefficient (Wildman–Crippen LogP) is 1.79. The number of carboxylic acid groups (broad SMARTS) is 1. The number of hydrogen-bond donors (Lipinski definition) is 2. The maximum atomic E-state index is 11.8. The van der Waals surface area contributed by atoms with E-state index in [1.54, 1.807) is 0 Å². The van der Waals surface area contributed by atoms with E-state index in [1.807, 2.05) is 20.8 Å². The van der Waals surface area contributed by atoms with Crippen LogP contribution in [-0.4, -0.2) is 23.0 Å². The summed E-state index contributed by atoms with van der Waals surface area (Å²) >= 11 is 0. The molecule has 1 amide bonds. The van der Waals surface area contributed by atoms with Crippen molar-refractivity contribution in [2.75, 3.05) is 0 Å². The lowest BCUT2D eigenvalue weighted by Gasteiger charge is -2.28. The summed E-state index contributed by atoms with van der Waals surface area (Å²) in [5.41, 5.74) is -0.458. The second-order valence-corrected chi connectivity index (χ2v) is 5.63. The Labute approximate surface area is 96.4 Å². The highest BCUT2D eigenvalue weighted by atomic mass is 16.4. The van der Waals surface area contributed by atoms with Gasteiger partial charge in [-0.25, -0.2) is 4.79 Å². The Balaban J connectivity index is 2.61. The fourth-order valence-electron chi connectivity index (χ4n) is 2.10. The molecule has 0 spiro atoms. The van der Waals surface area contributed by atoms with Gasteiger partial charge < -0.3 is 10.4 Å². The maximum Gasteiger partial charge on any atom is 0.326 e. The molecule has 16 heavy (non-hydrogen) atoms. The number of carbonyl (C=O) groups excluding carboxylic acids is 1. The van der Waals surface area contributed by atoms with Gasteiger partial charge in [0.15, 0.2) is 0 Å². The van der Waals surface area contributed by atoms with Crippen molar-refractivity contribution in [3.63, 3.8) is 0 Å². The van der Waals surface area contributed by atoms with Crippen molar-refractivity contribution in [3.05, 3.63) is 0 Å². The first-order valence-electron chi connectivity index (χ1n) is 5.85. The molecule has 1 aliphatic rings. The Morgan fingerprint density at radius 2 is 1.75 bits per heavy atom. The number of amides is 1. The third-order valence-corrected chi connectivity index (χ3v) is 3.13. The predicted molar refractivity (Wildman–Crippen MR) is 61.0 cm³/mol. The van der Waals surface area contributed by atoms with Crippen LogP contribution in [-0.2, 0) is 9.59 Å². The fourth-order valence-corrected chi connectivity index (χ4v) is 2.10. The van der Waals surface area contributed by atoms with E-state index in [0.717, 1.165) is 25.7 Å². The largest absolute Gasteiger partial charge is 0.480 e. The molecule has 0 aromatic rings. The van der Waals surface area contributed by atoms with Crippen LogP contribution in [0.5, 0.6) is 0 Å². The van der Waals surface area contributed by atoms with Gasteiger partial charge in [-0.15, -0.1) is 0 Å². The van der Waals surface area contributed by atoms with E-state index in [0.29, 0.717) is 0 Å². The Kier molecular flexibility index (Phi) is 3.94. The number of hydrogen-bond acceptors (Lipinski definition) is 2. The summed E-state index contributed by atoms with van der Waals surface area (Å²) in [6, 6.07) is -0.805. The molecule has 0 aliphatic heterocycles. The zero-order valence-corrected chi connectivity index (χ0v) is 10.2. The van der Waals surface area contributed by atoms with Crippen LogP contribution >= 0.6 is 0 Å². The molecule has 92 valence electrons. The fraction of sp³-hybridized carbons (Fsp3) is 0.833. The quantitative estimate of drug-likeness (QED) is 0.772. The Morgan fingerprint density at radius 1 is 1.25 bits per heavy atom. The van der Waals surface area contributed by atoms with Gasteiger partial charge in [-0.05, 0) is 18.3 Å². The number of rotatable bonds is 3. The van der Waals surface area contributed by atoms with Crippen LogP contribution in [0.25, 0.3) is 0 Å².